The summed E-state index contributed by atoms with van der Waals surface area (Å²) in [5.74, 6) is 2.25. The molecule has 0 heterocycles. The molecule has 0 atom stereocenters. The number of rotatable bonds is 6. The van der Waals surface area contributed by atoms with E-state index in [0.29, 0.717) is 13.2 Å². The van der Waals surface area contributed by atoms with E-state index < -0.39 is 5.60 Å². The molecule has 1 saturated carbocycles. The van der Waals surface area contributed by atoms with Gasteiger partial charge >= 0.3 is 0 Å². The van der Waals surface area contributed by atoms with Gasteiger partial charge in [-0.15, -0.1) is 6.42 Å². The van der Waals surface area contributed by atoms with Crippen LogP contribution in [0.1, 0.15) is 44.9 Å². The van der Waals surface area contributed by atoms with Crippen molar-refractivity contribution in [1.29, 1.82) is 0 Å². The maximum Gasteiger partial charge on any atom is 0.222 e. The van der Waals surface area contributed by atoms with Crippen LogP contribution in [0.25, 0.3) is 0 Å². The zero-order valence-electron chi connectivity index (χ0n) is 10.9. The molecule has 0 bridgehead atoms. The average molecular weight is 253 g/mol. The molecule has 0 spiro atoms. The molecule has 1 aliphatic carbocycles. The number of hydrogen-bond donors (Lipinski definition) is 2. The Morgan fingerprint density at radius 1 is 1.33 bits per heavy atom. The molecule has 102 valence electrons. The van der Waals surface area contributed by atoms with E-state index in [1.807, 2.05) is 0 Å². The highest BCUT2D eigenvalue weighted by Crippen LogP contribution is 2.26. The van der Waals surface area contributed by atoms with Crippen molar-refractivity contribution >= 4 is 5.91 Å². The van der Waals surface area contributed by atoms with Crippen LogP contribution in [0.2, 0.25) is 0 Å². The Bertz CT molecular complexity index is 288. The Balaban J connectivity index is 2.18. The van der Waals surface area contributed by atoms with E-state index >= 15 is 0 Å². The zero-order valence-corrected chi connectivity index (χ0v) is 10.9. The van der Waals surface area contributed by atoms with E-state index in [0.717, 1.165) is 25.7 Å². The molecule has 0 aromatic heterocycles. The lowest BCUT2D eigenvalue weighted by Crippen LogP contribution is -2.42. The van der Waals surface area contributed by atoms with Gasteiger partial charge in [-0.3, -0.25) is 4.79 Å². The highest BCUT2D eigenvalue weighted by Gasteiger charge is 2.28. The highest BCUT2D eigenvalue weighted by atomic mass is 16.5. The number of ether oxygens (including phenoxy) is 1. The molecular formula is C14H23NO3. The molecule has 2 N–H and O–H groups in total. The zero-order chi connectivity index (χ0) is 13.3. The molecule has 1 aliphatic rings. The van der Waals surface area contributed by atoms with Crippen molar-refractivity contribution in [1.82, 2.24) is 5.32 Å². The third-order valence-corrected chi connectivity index (χ3v) is 3.31. The van der Waals surface area contributed by atoms with Gasteiger partial charge in [-0.25, -0.2) is 0 Å². The van der Waals surface area contributed by atoms with Crippen LogP contribution < -0.4 is 5.32 Å². The molecule has 0 saturated heterocycles. The number of nitrogens with one attached hydrogen (secondary N) is 1. The summed E-state index contributed by atoms with van der Waals surface area (Å²) in [5.41, 5.74) is -0.716. The van der Waals surface area contributed by atoms with Crippen molar-refractivity contribution in [2.45, 2.75) is 50.5 Å². The van der Waals surface area contributed by atoms with Gasteiger partial charge in [0.05, 0.1) is 18.6 Å². The Morgan fingerprint density at radius 3 is 2.61 bits per heavy atom. The van der Waals surface area contributed by atoms with Crippen LogP contribution in [0.15, 0.2) is 0 Å². The molecule has 0 aromatic rings. The van der Waals surface area contributed by atoms with Crippen LogP contribution in [-0.4, -0.2) is 36.4 Å². The van der Waals surface area contributed by atoms with Crippen LogP contribution in [0.5, 0.6) is 0 Å². The highest BCUT2D eigenvalue weighted by molar-refractivity contribution is 5.76. The Labute approximate surface area is 109 Å². The van der Waals surface area contributed by atoms with Crippen molar-refractivity contribution in [3.8, 4) is 12.3 Å². The first-order chi connectivity index (χ1) is 8.66. The first kappa shape index (κ1) is 15.0. The fourth-order valence-corrected chi connectivity index (χ4v) is 2.21. The summed E-state index contributed by atoms with van der Waals surface area (Å²) in [7, 11) is 0. The number of carbonyl (C=O) groups is 1. The fraction of sp³-hybridized carbons (Fsp3) is 0.786. The smallest absolute Gasteiger partial charge is 0.222 e. The summed E-state index contributed by atoms with van der Waals surface area (Å²) in [6.07, 6.45) is 11.3. The van der Waals surface area contributed by atoms with E-state index in [9.17, 15) is 9.90 Å². The molecular weight excluding hydrogens is 230 g/mol. The van der Waals surface area contributed by atoms with Crippen LogP contribution in [0.4, 0.5) is 0 Å². The first-order valence-corrected chi connectivity index (χ1v) is 6.67. The van der Waals surface area contributed by atoms with Crippen LogP contribution in [0.3, 0.4) is 0 Å². The molecule has 4 nitrogen and oxygen atoms in total. The van der Waals surface area contributed by atoms with Crippen molar-refractivity contribution in [2.75, 3.05) is 19.8 Å². The topological polar surface area (TPSA) is 58.6 Å². The minimum absolute atomic E-state index is 0.0929. The second-order valence-electron chi connectivity index (χ2n) is 4.92. The third-order valence-electron chi connectivity index (χ3n) is 3.31. The van der Waals surface area contributed by atoms with Gasteiger partial charge in [-0.1, -0.05) is 31.6 Å². The number of hydrogen-bond acceptors (Lipinski definition) is 3. The van der Waals surface area contributed by atoms with E-state index in [4.69, 9.17) is 11.2 Å². The molecule has 18 heavy (non-hydrogen) atoms. The minimum Gasteiger partial charge on any atom is -0.388 e. The molecule has 0 aliphatic heterocycles. The maximum absolute atomic E-state index is 11.5. The largest absolute Gasteiger partial charge is 0.388 e. The van der Waals surface area contributed by atoms with E-state index in [1.54, 1.807) is 0 Å². The van der Waals surface area contributed by atoms with Crippen LogP contribution >= 0.6 is 0 Å². The molecule has 1 amide bonds. The van der Waals surface area contributed by atoms with E-state index in [-0.39, 0.29) is 18.9 Å². The predicted octanol–water partition coefficient (Wildman–Crippen LogP) is 1.23. The van der Waals surface area contributed by atoms with E-state index in [2.05, 4.69) is 11.2 Å². The number of amides is 1. The summed E-state index contributed by atoms with van der Waals surface area (Å²) in [6.45, 7) is 0.909. The molecule has 0 aromatic carbocycles. The van der Waals surface area contributed by atoms with Crippen molar-refractivity contribution in [3.63, 3.8) is 0 Å². The Morgan fingerprint density at radius 2 is 2.00 bits per heavy atom. The molecule has 0 unspecified atom stereocenters. The fourth-order valence-electron chi connectivity index (χ4n) is 2.21. The maximum atomic E-state index is 11.5. The molecule has 1 fully saturated rings. The molecule has 0 radical (unpaired) electrons. The summed E-state index contributed by atoms with van der Waals surface area (Å²) in [4.78, 5) is 11.5. The SMILES string of the molecule is C#CCOCCC(=O)NCC1(O)CCCCCC1. The summed E-state index contributed by atoms with van der Waals surface area (Å²) in [5, 5.41) is 13.1. The van der Waals surface area contributed by atoms with Crippen LogP contribution in [-0.2, 0) is 9.53 Å². The number of terminal acetylenes is 1. The average Bonchev–Trinajstić information content (AvgIpc) is 2.58. The second kappa shape index (κ2) is 8.12. The quantitative estimate of drug-likeness (QED) is 0.425. The number of aliphatic hydroxyl groups is 1. The van der Waals surface area contributed by atoms with Gasteiger partial charge in [-0.05, 0) is 12.8 Å². The van der Waals surface area contributed by atoms with Crippen molar-refractivity contribution < 1.29 is 14.6 Å². The standard InChI is InChI=1S/C14H23NO3/c1-2-10-18-11-7-13(16)15-12-14(17)8-5-3-4-6-9-14/h1,17H,3-12H2,(H,15,16). The monoisotopic (exact) mass is 253 g/mol. The van der Waals surface area contributed by atoms with Gasteiger partial charge in [0.25, 0.3) is 0 Å². The first-order valence-electron chi connectivity index (χ1n) is 6.67. The lowest BCUT2D eigenvalue weighted by Gasteiger charge is -2.26. The summed E-state index contributed by atoms with van der Waals surface area (Å²) in [6, 6.07) is 0. The molecule has 1 rings (SSSR count). The minimum atomic E-state index is -0.716. The second-order valence-corrected chi connectivity index (χ2v) is 4.92. The van der Waals surface area contributed by atoms with Gasteiger partial charge in [0.2, 0.25) is 5.91 Å². The predicted molar refractivity (Wildman–Crippen MR) is 69.9 cm³/mol. The number of carbonyl (C=O) groups excluding carboxylic acids is 1. The van der Waals surface area contributed by atoms with Crippen molar-refractivity contribution in [3.05, 3.63) is 0 Å². The van der Waals surface area contributed by atoms with Gasteiger partial charge in [0.15, 0.2) is 0 Å². The lowest BCUT2D eigenvalue weighted by molar-refractivity contribution is -0.123. The lowest BCUT2D eigenvalue weighted by atomic mass is 9.94. The Kier molecular flexibility index (Phi) is 6.77. The van der Waals surface area contributed by atoms with Gasteiger partial charge in [0.1, 0.15) is 6.61 Å². The van der Waals surface area contributed by atoms with Gasteiger partial charge < -0.3 is 15.2 Å². The van der Waals surface area contributed by atoms with Crippen molar-refractivity contribution in [2.24, 2.45) is 0 Å². The Hall–Kier alpha value is -1.05. The third kappa shape index (κ3) is 6.04. The summed E-state index contributed by atoms with van der Waals surface area (Å²) >= 11 is 0. The molecule has 4 heteroatoms. The summed E-state index contributed by atoms with van der Waals surface area (Å²) < 4.78 is 5.03. The van der Waals surface area contributed by atoms with Crippen LogP contribution in [0, 0.1) is 12.3 Å². The van der Waals surface area contributed by atoms with Gasteiger partial charge in [0, 0.05) is 6.54 Å². The van der Waals surface area contributed by atoms with Gasteiger partial charge in [-0.2, -0.15) is 0 Å². The van der Waals surface area contributed by atoms with E-state index in [1.165, 1.54) is 12.8 Å². The normalized spacial score (nSPS) is 18.7.